The smallest absolute Gasteiger partial charge is 0.446 e. The van der Waals surface area contributed by atoms with Crippen molar-refractivity contribution < 1.29 is 33.7 Å². The highest BCUT2D eigenvalue weighted by molar-refractivity contribution is 6.17. The summed E-state index contributed by atoms with van der Waals surface area (Å²) in [5, 5.41) is 11.5. The molecule has 32 heavy (non-hydrogen) atoms. The van der Waals surface area contributed by atoms with Crippen molar-refractivity contribution in [3.63, 3.8) is 0 Å². The van der Waals surface area contributed by atoms with Gasteiger partial charge in [-0.2, -0.15) is 0 Å². The van der Waals surface area contributed by atoms with Crippen LogP contribution in [0.25, 0.3) is 0 Å². The normalized spacial score (nSPS) is 42.3. The van der Waals surface area contributed by atoms with Crippen molar-refractivity contribution in [3.05, 3.63) is 23.8 Å². The van der Waals surface area contributed by atoms with Crippen LogP contribution in [-0.4, -0.2) is 47.4 Å². The number of allylic oxidation sites excluding steroid dienone is 4. The summed E-state index contributed by atoms with van der Waals surface area (Å²) in [5.74, 6) is -0.676. The molecule has 0 radical (unpaired) electrons. The fourth-order valence-electron chi connectivity index (χ4n) is 7.31. The van der Waals surface area contributed by atoms with Gasteiger partial charge < -0.3 is 19.3 Å². The third-order valence-corrected chi connectivity index (χ3v) is 8.76. The molecule has 0 amide bonds. The predicted octanol–water partition coefficient (Wildman–Crippen LogP) is 3.92. The lowest BCUT2D eigenvalue weighted by atomic mass is 9.46. The SMILES string of the molecule is CCOC(=O)O[C@@]1(C(=O)OCCl)CC[C@H]2[C@@H]3CCC4=CC(=O)C=C[C@]4(C)[C@@H]3[C@H](O)C[C@@]21C. The number of ether oxygens (including phenoxy) is 3. The zero-order valence-electron chi connectivity index (χ0n) is 18.8. The Labute approximate surface area is 193 Å². The number of aliphatic hydroxyl groups is 1. The zero-order valence-corrected chi connectivity index (χ0v) is 19.5. The minimum atomic E-state index is -1.57. The topological polar surface area (TPSA) is 99.1 Å². The Hall–Kier alpha value is -1.86. The summed E-state index contributed by atoms with van der Waals surface area (Å²) in [6.07, 6.45) is 6.31. The van der Waals surface area contributed by atoms with Crippen LogP contribution in [0.3, 0.4) is 0 Å². The molecule has 7 nitrogen and oxygen atoms in total. The van der Waals surface area contributed by atoms with Gasteiger partial charge in [0.25, 0.3) is 0 Å². The van der Waals surface area contributed by atoms with Gasteiger partial charge in [0.2, 0.25) is 5.60 Å². The number of alkyl halides is 1. The van der Waals surface area contributed by atoms with E-state index in [1.807, 2.05) is 13.0 Å². The van der Waals surface area contributed by atoms with E-state index in [9.17, 15) is 19.5 Å². The molecule has 0 bridgehead atoms. The van der Waals surface area contributed by atoms with Crippen molar-refractivity contribution in [1.82, 2.24) is 0 Å². The molecule has 8 heteroatoms. The van der Waals surface area contributed by atoms with Gasteiger partial charge in [0.1, 0.15) is 0 Å². The molecule has 0 aromatic heterocycles. The van der Waals surface area contributed by atoms with Gasteiger partial charge in [-0.15, -0.1) is 0 Å². The summed E-state index contributed by atoms with van der Waals surface area (Å²) in [6.45, 7) is 5.77. The maximum Gasteiger partial charge on any atom is 0.509 e. The maximum absolute atomic E-state index is 13.2. The van der Waals surface area contributed by atoms with Gasteiger partial charge in [0.15, 0.2) is 11.8 Å². The molecule has 7 atom stereocenters. The van der Waals surface area contributed by atoms with E-state index < -0.39 is 34.7 Å². The molecule has 3 saturated carbocycles. The van der Waals surface area contributed by atoms with Crippen LogP contribution in [0.15, 0.2) is 23.8 Å². The monoisotopic (exact) mass is 466 g/mol. The first-order valence-electron chi connectivity index (χ1n) is 11.3. The molecule has 4 aliphatic rings. The van der Waals surface area contributed by atoms with Crippen molar-refractivity contribution in [3.8, 4) is 0 Å². The van der Waals surface area contributed by atoms with Crippen LogP contribution in [0.1, 0.15) is 52.9 Å². The number of carbonyl (C=O) groups is 3. The largest absolute Gasteiger partial charge is 0.509 e. The van der Waals surface area contributed by atoms with E-state index in [2.05, 4.69) is 6.92 Å². The first-order valence-corrected chi connectivity index (χ1v) is 11.9. The fourth-order valence-corrected chi connectivity index (χ4v) is 7.41. The van der Waals surface area contributed by atoms with Gasteiger partial charge in [-0.3, -0.25) is 4.79 Å². The maximum atomic E-state index is 13.2. The number of rotatable bonds is 4. The fraction of sp³-hybridized carbons (Fsp3) is 0.708. The molecule has 4 aliphatic carbocycles. The number of aliphatic hydroxyl groups excluding tert-OH is 1. The average Bonchev–Trinajstić information content (AvgIpc) is 3.01. The first-order chi connectivity index (χ1) is 15.1. The standard InChI is InChI=1S/C24H31ClO7/c1-4-30-21(29)32-24(20(28)31-13-25)10-8-17-16-6-5-14-11-15(26)7-9-22(14,2)19(16)18(27)12-23(17,24)3/h7,9,11,16-19,27H,4-6,8,10,12-13H2,1-3H3/t16-,17-,18+,19-,22-,23-,24+/m0/s1. The quantitative estimate of drug-likeness (QED) is 0.495. The van der Waals surface area contributed by atoms with Crippen LogP contribution in [0.5, 0.6) is 0 Å². The minimum absolute atomic E-state index is 0.0161. The lowest BCUT2D eigenvalue weighted by molar-refractivity contribution is -0.199. The van der Waals surface area contributed by atoms with Gasteiger partial charge in [-0.05, 0) is 63.0 Å². The summed E-state index contributed by atoms with van der Waals surface area (Å²) in [4.78, 5) is 37.5. The predicted molar refractivity (Wildman–Crippen MR) is 116 cm³/mol. The van der Waals surface area contributed by atoms with Gasteiger partial charge in [-0.25, -0.2) is 9.59 Å². The van der Waals surface area contributed by atoms with Crippen molar-refractivity contribution in [2.75, 3.05) is 12.7 Å². The van der Waals surface area contributed by atoms with E-state index in [0.29, 0.717) is 6.42 Å². The number of halogens is 1. The molecule has 3 fully saturated rings. The molecule has 0 spiro atoms. The van der Waals surface area contributed by atoms with Crippen LogP contribution < -0.4 is 0 Å². The summed E-state index contributed by atoms with van der Waals surface area (Å²) in [6, 6.07) is -0.354. The lowest BCUT2D eigenvalue weighted by Gasteiger charge is -2.59. The van der Waals surface area contributed by atoms with Gasteiger partial charge in [0.05, 0.1) is 12.7 Å². The highest BCUT2D eigenvalue weighted by Gasteiger charge is 2.71. The second-order valence-corrected chi connectivity index (χ2v) is 10.1. The van der Waals surface area contributed by atoms with Crippen LogP contribution in [-0.2, 0) is 23.8 Å². The molecule has 0 saturated heterocycles. The first kappa shape index (κ1) is 23.3. The van der Waals surface area contributed by atoms with E-state index >= 15 is 0 Å². The van der Waals surface area contributed by atoms with Crippen molar-refractivity contribution >= 4 is 29.5 Å². The van der Waals surface area contributed by atoms with Crippen LogP contribution in [0.4, 0.5) is 4.79 Å². The molecule has 0 unspecified atom stereocenters. The summed E-state index contributed by atoms with van der Waals surface area (Å²) >= 11 is 5.70. The Bertz CT molecular complexity index is 882. The molecule has 176 valence electrons. The highest BCUT2D eigenvalue weighted by atomic mass is 35.5. The second kappa shape index (κ2) is 8.17. The Kier molecular flexibility index (Phi) is 5.95. The number of ketones is 1. The Morgan fingerprint density at radius 3 is 2.69 bits per heavy atom. The summed E-state index contributed by atoms with van der Waals surface area (Å²) in [7, 11) is 0. The average molecular weight is 467 g/mol. The van der Waals surface area contributed by atoms with Crippen molar-refractivity contribution in [1.29, 1.82) is 0 Å². The van der Waals surface area contributed by atoms with Crippen LogP contribution >= 0.6 is 11.6 Å². The van der Waals surface area contributed by atoms with E-state index in [4.69, 9.17) is 25.8 Å². The molecular weight excluding hydrogens is 436 g/mol. The minimum Gasteiger partial charge on any atom is -0.446 e. The van der Waals surface area contributed by atoms with E-state index in [1.54, 1.807) is 19.1 Å². The number of fused-ring (bicyclic) bond motifs is 5. The van der Waals surface area contributed by atoms with Gasteiger partial charge >= 0.3 is 12.1 Å². The van der Waals surface area contributed by atoms with E-state index in [1.165, 1.54) is 0 Å². The third kappa shape index (κ3) is 3.23. The summed E-state index contributed by atoms with van der Waals surface area (Å²) in [5.41, 5.74) is -1.76. The van der Waals surface area contributed by atoms with Crippen LogP contribution in [0.2, 0.25) is 0 Å². The Morgan fingerprint density at radius 1 is 1.25 bits per heavy atom. The number of esters is 1. The van der Waals surface area contributed by atoms with Crippen molar-refractivity contribution in [2.24, 2.45) is 28.6 Å². The molecule has 4 rings (SSSR count). The molecule has 0 aromatic carbocycles. The number of hydrogen-bond donors (Lipinski definition) is 1. The lowest BCUT2D eigenvalue weighted by Crippen LogP contribution is -2.62. The zero-order chi connectivity index (χ0) is 23.3. The molecule has 1 N–H and O–H groups in total. The van der Waals surface area contributed by atoms with Crippen molar-refractivity contribution in [2.45, 2.75) is 64.6 Å². The second-order valence-electron chi connectivity index (χ2n) is 9.90. The van der Waals surface area contributed by atoms with Gasteiger partial charge in [-0.1, -0.05) is 37.1 Å². The summed E-state index contributed by atoms with van der Waals surface area (Å²) < 4.78 is 15.9. The van der Waals surface area contributed by atoms with E-state index in [-0.39, 0.29) is 49.1 Å². The molecule has 0 heterocycles. The molecular formula is C24H31ClO7. The number of hydrogen-bond acceptors (Lipinski definition) is 7. The Balaban J connectivity index is 1.73. The molecule has 0 aromatic rings. The highest BCUT2D eigenvalue weighted by Crippen LogP contribution is 2.68. The number of carbonyl (C=O) groups excluding carboxylic acids is 3. The van der Waals surface area contributed by atoms with Crippen LogP contribution in [0, 0.1) is 28.6 Å². The molecule has 0 aliphatic heterocycles. The Morgan fingerprint density at radius 2 is 2.00 bits per heavy atom. The van der Waals surface area contributed by atoms with E-state index in [0.717, 1.165) is 18.4 Å². The third-order valence-electron chi connectivity index (χ3n) is 8.65. The van der Waals surface area contributed by atoms with Gasteiger partial charge in [0, 0.05) is 16.7 Å².